The Bertz CT molecular complexity index is 572. The first-order valence-electron chi connectivity index (χ1n) is 6.28. The predicted octanol–water partition coefficient (Wildman–Crippen LogP) is 1.99. The molecule has 0 aliphatic heterocycles. The van der Waals surface area contributed by atoms with Gasteiger partial charge in [0.25, 0.3) is 0 Å². The van der Waals surface area contributed by atoms with Crippen LogP contribution in [-0.4, -0.2) is 27.7 Å². The van der Waals surface area contributed by atoms with Gasteiger partial charge in [-0.15, -0.1) is 0 Å². The van der Waals surface area contributed by atoms with E-state index in [0.29, 0.717) is 5.57 Å². The summed E-state index contributed by atoms with van der Waals surface area (Å²) < 4.78 is 46.1. The van der Waals surface area contributed by atoms with Crippen LogP contribution in [0.2, 0.25) is 0 Å². The molecule has 0 aromatic heterocycles. The molecule has 0 saturated carbocycles. The number of nitrogens with one attached hydrogen (secondary N) is 1. The Morgan fingerprint density at radius 1 is 1.40 bits per heavy atom. The first-order valence-corrected chi connectivity index (χ1v) is 6.28. The van der Waals surface area contributed by atoms with Crippen molar-refractivity contribution in [1.82, 2.24) is 0 Å². The summed E-state index contributed by atoms with van der Waals surface area (Å²) in [6.07, 6.45) is -0.177. The average Bonchev–Trinajstić information content (AvgIpc) is 2.41. The molecule has 0 radical (unpaired) electrons. The second-order valence-corrected chi connectivity index (χ2v) is 4.70. The van der Waals surface area contributed by atoms with Crippen LogP contribution in [-0.2, 0) is 4.74 Å². The molecule has 0 heterocycles. The minimum Gasteiger partial charge on any atom is -0.380 e. The van der Waals surface area contributed by atoms with Crippen molar-refractivity contribution >= 4 is 19.0 Å². The third-order valence-electron chi connectivity index (χ3n) is 3.09. The molecule has 2 nitrogen and oxygen atoms in total. The lowest BCUT2D eigenvalue weighted by molar-refractivity contribution is 0.224. The number of methoxy groups -OCH3 is 1. The van der Waals surface area contributed by atoms with E-state index < -0.39 is 17.8 Å². The summed E-state index contributed by atoms with van der Waals surface area (Å²) in [6, 6.07) is 4.52. The Labute approximate surface area is 116 Å². The molecule has 0 amide bonds. The van der Waals surface area contributed by atoms with Crippen molar-refractivity contribution in [1.29, 1.82) is 0 Å². The van der Waals surface area contributed by atoms with Crippen LogP contribution in [0.15, 0.2) is 41.4 Å². The van der Waals surface area contributed by atoms with Gasteiger partial charge < -0.3 is 10.1 Å². The SMILES string of the molecule is Bc1ccc(NC2=C(F)C(F)CC=C2COC)c(F)c1. The van der Waals surface area contributed by atoms with Crippen LogP contribution >= 0.6 is 0 Å². The highest BCUT2D eigenvalue weighted by atomic mass is 19.2. The van der Waals surface area contributed by atoms with Gasteiger partial charge in [0.2, 0.25) is 0 Å². The monoisotopic (exact) mass is 281 g/mol. The van der Waals surface area contributed by atoms with Crippen molar-refractivity contribution < 1.29 is 17.9 Å². The fourth-order valence-electron chi connectivity index (χ4n) is 2.04. The summed E-state index contributed by atoms with van der Waals surface area (Å²) in [5.41, 5.74) is 1.30. The topological polar surface area (TPSA) is 21.3 Å². The van der Waals surface area contributed by atoms with E-state index in [-0.39, 0.29) is 24.4 Å². The van der Waals surface area contributed by atoms with Crippen molar-refractivity contribution in [2.24, 2.45) is 0 Å². The lowest BCUT2D eigenvalue weighted by atomic mass is 9.95. The maximum Gasteiger partial charge on any atom is 0.158 e. The normalized spacial score (nSPS) is 19.0. The zero-order valence-electron chi connectivity index (χ0n) is 11.3. The van der Waals surface area contributed by atoms with Gasteiger partial charge in [0.15, 0.2) is 12.0 Å². The molecular formula is C14H15BF3NO. The number of benzene rings is 1. The van der Waals surface area contributed by atoms with Gasteiger partial charge in [-0.2, -0.15) is 0 Å². The second kappa shape index (κ2) is 6.18. The highest BCUT2D eigenvalue weighted by molar-refractivity contribution is 6.32. The van der Waals surface area contributed by atoms with Gasteiger partial charge in [0.1, 0.15) is 13.7 Å². The van der Waals surface area contributed by atoms with Crippen LogP contribution in [0.5, 0.6) is 0 Å². The summed E-state index contributed by atoms with van der Waals surface area (Å²) in [5.74, 6) is -1.43. The molecule has 0 fully saturated rings. The van der Waals surface area contributed by atoms with Crippen LogP contribution < -0.4 is 10.8 Å². The van der Waals surface area contributed by atoms with Crippen molar-refractivity contribution in [3.05, 3.63) is 47.2 Å². The molecule has 0 saturated heterocycles. The van der Waals surface area contributed by atoms with E-state index in [9.17, 15) is 13.2 Å². The van der Waals surface area contributed by atoms with E-state index in [4.69, 9.17) is 4.74 Å². The lowest BCUT2D eigenvalue weighted by Crippen LogP contribution is -2.19. The number of hydrogen-bond acceptors (Lipinski definition) is 2. The van der Waals surface area contributed by atoms with Gasteiger partial charge in [0.05, 0.1) is 18.0 Å². The fourth-order valence-corrected chi connectivity index (χ4v) is 2.04. The van der Waals surface area contributed by atoms with Crippen LogP contribution in [0.1, 0.15) is 6.42 Å². The average molecular weight is 281 g/mol. The summed E-state index contributed by atoms with van der Waals surface area (Å²) in [4.78, 5) is 0. The highest BCUT2D eigenvalue weighted by Crippen LogP contribution is 2.30. The molecule has 1 aromatic carbocycles. The molecule has 1 aliphatic rings. The third-order valence-corrected chi connectivity index (χ3v) is 3.09. The summed E-state index contributed by atoms with van der Waals surface area (Å²) in [5, 5.41) is 2.63. The molecule has 20 heavy (non-hydrogen) atoms. The molecule has 1 aliphatic carbocycles. The Kier molecular flexibility index (Phi) is 4.55. The zero-order chi connectivity index (χ0) is 14.7. The summed E-state index contributed by atoms with van der Waals surface area (Å²) in [6.45, 7) is 0.135. The minimum absolute atomic E-state index is 0.0356. The van der Waals surface area contributed by atoms with Gasteiger partial charge >= 0.3 is 0 Å². The van der Waals surface area contributed by atoms with Crippen molar-refractivity contribution in [3.8, 4) is 0 Å². The largest absolute Gasteiger partial charge is 0.380 e. The quantitative estimate of drug-likeness (QED) is 0.852. The van der Waals surface area contributed by atoms with Crippen molar-refractivity contribution in [2.75, 3.05) is 19.0 Å². The first kappa shape index (κ1) is 14.7. The second-order valence-electron chi connectivity index (χ2n) is 4.70. The Balaban J connectivity index is 2.32. The van der Waals surface area contributed by atoms with Crippen LogP contribution in [0.4, 0.5) is 18.9 Å². The van der Waals surface area contributed by atoms with E-state index in [1.165, 1.54) is 19.2 Å². The minimum atomic E-state index is -1.70. The Morgan fingerprint density at radius 3 is 2.80 bits per heavy atom. The van der Waals surface area contributed by atoms with E-state index in [0.717, 1.165) is 5.46 Å². The predicted molar refractivity (Wildman–Crippen MR) is 75.8 cm³/mol. The molecule has 6 heteroatoms. The van der Waals surface area contributed by atoms with Gasteiger partial charge in [-0.3, -0.25) is 0 Å². The van der Waals surface area contributed by atoms with E-state index >= 15 is 0 Å². The van der Waals surface area contributed by atoms with Crippen LogP contribution in [0, 0.1) is 5.82 Å². The number of halogens is 3. The molecule has 106 valence electrons. The standard InChI is InChI=1S/C14H15BF3NO/c1-20-7-8-2-4-10(16)13(18)14(8)19-12-5-3-9(15)6-11(12)17/h2-3,5-6,10,19H,4,7,15H2,1H3. The molecule has 1 unspecified atom stereocenters. The van der Waals surface area contributed by atoms with Crippen molar-refractivity contribution in [3.63, 3.8) is 0 Å². The molecular weight excluding hydrogens is 266 g/mol. The zero-order valence-corrected chi connectivity index (χ0v) is 11.3. The number of hydrogen-bond donors (Lipinski definition) is 1. The number of ether oxygens (including phenoxy) is 1. The number of rotatable bonds is 4. The van der Waals surface area contributed by atoms with Gasteiger partial charge in [-0.1, -0.05) is 17.6 Å². The summed E-state index contributed by atoms with van der Waals surface area (Å²) in [7, 11) is 3.21. The maximum atomic E-state index is 13.9. The molecule has 1 atom stereocenters. The lowest BCUT2D eigenvalue weighted by Gasteiger charge is -2.21. The number of anilines is 1. The van der Waals surface area contributed by atoms with Crippen LogP contribution in [0.25, 0.3) is 0 Å². The molecule has 0 spiro atoms. The Hall–Kier alpha value is -1.69. The molecule has 0 bridgehead atoms. The van der Waals surface area contributed by atoms with Gasteiger partial charge in [0, 0.05) is 19.1 Å². The summed E-state index contributed by atoms with van der Waals surface area (Å²) >= 11 is 0. The number of allylic oxidation sites excluding steroid dienone is 2. The highest BCUT2D eigenvalue weighted by Gasteiger charge is 2.25. The fraction of sp³-hybridized carbons (Fsp3) is 0.286. The van der Waals surface area contributed by atoms with Crippen LogP contribution in [0.3, 0.4) is 0 Å². The third kappa shape index (κ3) is 3.07. The van der Waals surface area contributed by atoms with E-state index in [1.54, 1.807) is 20.0 Å². The smallest absolute Gasteiger partial charge is 0.158 e. The van der Waals surface area contributed by atoms with E-state index in [1.807, 2.05) is 0 Å². The molecule has 1 aromatic rings. The number of alkyl halides is 1. The molecule has 1 N–H and O–H groups in total. The Morgan fingerprint density at radius 2 is 2.15 bits per heavy atom. The first-order chi connectivity index (χ1) is 9.52. The maximum absolute atomic E-state index is 13.9. The van der Waals surface area contributed by atoms with E-state index in [2.05, 4.69) is 5.32 Å². The molecule has 2 rings (SSSR count). The van der Waals surface area contributed by atoms with Crippen molar-refractivity contribution in [2.45, 2.75) is 12.6 Å². The van der Waals surface area contributed by atoms with Gasteiger partial charge in [-0.05, 0) is 12.1 Å². The van der Waals surface area contributed by atoms with Gasteiger partial charge in [-0.25, -0.2) is 13.2 Å².